The molecule has 0 saturated carbocycles. The summed E-state index contributed by atoms with van der Waals surface area (Å²) < 4.78 is 0. The second-order valence-corrected chi connectivity index (χ2v) is 4.54. The summed E-state index contributed by atoms with van der Waals surface area (Å²) in [5.41, 5.74) is 1.88. The van der Waals surface area contributed by atoms with Gasteiger partial charge in [0.25, 0.3) is 0 Å². The second-order valence-electron chi connectivity index (χ2n) is 3.80. The number of alkyl halides is 1. The molecule has 1 aromatic rings. The molecule has 1 aromatic heterocycles. The van der Waals surface area contributed by atoms with Gasteiger partial charge in [-0.2, -0.15) is 0 Å². The second kappa shape index (κ2) is 5.91. The summed E-state index contributed by atoms with van der Waals surface area (Å²) >= 11 is 5.86. The highest BCUT2D eigenvalue weighted by atomic mass is 35.5. The molecule has 0 aromatic carbocycles. The van der Waals surface area contributed by atoms with Gasteiger partial charge < -0.3 is 5.32 Å². The Labute approximate surface area is 96.3 Å². The summed E-state index contributed by atoms with van der Waals surface area (Å²) in [5.74, 6) is 0.886. The van der Waals surface area contributed by atoms with Crippen LogP contribution in [0.25, 0.3) is 0 Å². The maximum absolute atomic E-state index is 5.86. The average molecular weight is 228 g/mol. The normalized spacial score (nSPS) is 12.5. The van der Waals surface area contributed by atoms with Gasteiger partial charge in [-0.3, -0.25) is 4.98 Å². The lowest BCUT2D eigenvalue weighted by Gasteiger charge is -2.08. The average Bonchev–Trinajstić information content (AvgIpc) is 2.17. The molecule has 1 heterocycles. The van der Waals surface area contributed by atoms with E-state index in [1.165, 1.54) is 0 Å². The van der Waals surface area contributed by atoms with E-state index in [2.05, 4.69) is 15.3 Å². The van der Waals surface area contributed by atoms with Crippen LogP contribution in [-0.4, -0.2) is 21.9 Å². The molecule has 1 N–H and O–H groups in total. The van der Waals surface area contributed by atoms with E-state index in [4.69, 9.17) is 11.6 Å². The maximum Gasteiger partial charge on any atom is 0.147 e. The van der Waals surface area contributed by atoms with Crippen molar-refractivity contribution < 1.29 is 0 Å². The van der Waals surface area contributed by atoms with Gasteiger partial charge in [0.2, 0.25) is 0 Å². The molecule has 1 unspecified atom stereocenters. The summed E-state index contributed by atoms with van der Waals surface area (Å²) in [7, 11) is 0. The SMILES string of the molecule is Cc1cnc(C)c(NCCCC(C)Cl)n1. The van der Waals surface area contributed by atoms with E-state index in [9.17, 15) is 0 Å². The van der Waals surface area contributed by atoms with Crippen molar-refractivity contribution in [3.8, 4) is 0 Å². The molecule has 0 spiro atoms. The number of aromatic nitrogens is 2. The number of hydrogen-bond acceptors (Lipinski definition) is 3. The number of nitrogens with one attached hydrogen (secondary N) is 1. The summed E-state index contributed by atoms with van der Waals surface area (Å²) in [4.78, 5) is 8.62. The van der Waals surface area contributed by atoms with Crippen molar-refractivity contribution in [2.75, 3.05) is 11.9 Å². The molecule has 0 aliphatic rings. The lowest BCUT2D eigenvalue weighted by molar-refractivity contribution is 0.747. The Hall–Kier alpha value is -0.830. The largest absolute Gasteiger partial charge is 0.369 e. The van der Waals surface area contributed by atoms with Crippen LogP contribution in [0.3, 0.4) is 0 Å². The predicted molar refractivity (Wildman–Crippen MR) is 64.5 cm³/mol. The van der Waals surface area contributed by atoms with Crippen LogP contribution in [0.5, 0.6) is 0 Å². The zero-order valence-corrected chi connectivity index (χ0v) is 10.3. The van der Waals surface area contributed by atoms with Gasteiger partial charge in [0.15, 0.2) is 0 Å². The fourth-order valence-electron chi connectivity index (χ4n) is 1.30. The third-order valence-electron chi connectivity index (χ3n) is 2.15. The molecule has 1 atom stereocenters. The molecule has 0 saturated heterocycles. The Morgan fingerprint density at radius 3 is 2.87 bits per heavy atom. The van der Waals surface area contributed by atoms with Crippen LogP contribution >= 0.6 is 11.6 Å². The molecule has 84 valence electrons. The predicted octanol–water partition coefficient (Wildman–Crippen LogP) is 2.91. The van der Waals surface area contributed by atoms with Gasteiger partial charge in [-0.25, -0.2) is 4.98 Å². The molecule has 0 fully saturated rings. The highest BCUT2D eigenvalue weighted by Crippen LogP contribution is 2.09. The van der Waals surface area contributed by atoms with Gasteiger partial charge in [0.05, 0.1) is 11.4 Å². The van der Waals surface area contributed by atoms with E-state index in [1.54, 1.807) is 6.20 Å². The van der Waals surface area contributed by atoms with Crippen molar-refractivity contribution in [2.45, 2.75) is 39.0 Å². The minimum Gasteiger partial charge on any atom is -0.369 e. The van der Waals surface area contributed by atoms with Gasteiger partial charge in [-0.1, -0.05) is 0 Å². The smallest absolute Gasteiger partial charge is 0.147 e. The standard InChI is InChI=1S/C11H18ClN3/c1-8(12)5-4-6-13-11-10(3)14-7-9(2)15-11/h7-8H,4-6H2,1-3H3,(H,13,15). The Bertz CT molecular complexity index is 313. The van der Waals surface area contributed by atoms with Gasteiger partial charge in [-0.05, 0) is 33.6 Å². The van der Waals surface area contributed by atoms with E-state index >= 15 is 0 Å². The van der Waals surface area contributed by atoms with Crippen molar-refractivity contribution in [1.82, 2.24) is 9.97 Å². The van der Waals surface area contributed by atoms with Crippen LogP contribution in [0.2, 0.25) is 0 Å². The minimum atomic E-state index is 0.247. The topological polar surface area (TPSA) is 37.8 Å². The molecule has 3 nitrogen and oxygen atoms in total. The van der Waals surface area contributed by atoms with E-state index in [0.29, 0.717) is 0 Å². The van der Waals surface area contributed by atoms with Crippen molar-refractivity contribution in [1.29, 1.82) is 0 Å². The first kappa shape index (κ1) is 12.2. The maximum atomic E-state index is 5.86. The van der Waals surface area contributed by atoms with Gasteiger partial charge in [-0.15, -0.1) is 11.6 Å². The lowest BCUT2D eigenvalue weighted by atomic mass is 10.2. The Morgan fingerprint density at radius 2 is 2.20 bits per heavy atom. The first-order valence-electron chi connectivity index (χ1n) is 5.28. The molecule has 0 bridgehead atoms. The molecule has 0 amide bonds. The van der Waals surface area contributed by atoms with Crippen LogP contribution in [0.4, 0.5) is 5.82 Å². The molecule has 15 heavy (non-hydrogen) atoms. The van der Waals surface area contributed by atoms with E-state index < -0.39 is 0 Å². The van der Waals surface area contributed by atoms with Gasteiger partial charge >= 0.3 is 0 Å². The van der Waals surface area contributed by atoms with E-state index in [-0.39, 0.29) is 5.38 Å². The summed E-state index contributed by atoms with van der Waals surface area (Å²) in [6.45, 7) is 6.81. The van der Waals surface area contributed by atoms with Crippen LogP contribution in [0.1, 0.15) is 31.2 Å². The van der Waals surface area contributed by atoms with Crippen LogP contribution in [0.15, 0.2) is 6.20 Å². The molecule has 0 aliphatic heterocycles. The van der Waals surface area contributed by atoms with Crippen molar-refractivity contribution in [3.63, 3.8) is 0 Å². The zero-order valence-electron chi connectivity index (χ0n) is 9.55. The number of nitrogens with zero attached hydrogens (tertiary/aromatic N) is 2. The van der Waals surface area contributed by atoms with Crippen molar-refractivity contribution >= 4 is 17.4 Å². The highest BCUT2D eigenvalue weighted by Gasteiger charge is 2.01. The fraction of sp³-hybridized carbons (Fsp3) is 0.636. The van der Waals surface area contributed by atoms with Crippen molar-refractivity contribution in [2.24, 2.45) is 0 Å². The van der Waals surface area contributed by atoms with Gasteiger partial charge in [0, 0.05) is 18.1 Å². The molecule has 1 rings (SSSR count). The Kier molecular flexibility index (Phi) is 4.82. The summed E-state index contributed by atoms with van der Waals surface area (Å²) in [5, 5.41) is 3.52. The van der Waals surface area contributed by atoms with Crippen LogP contribution in [-0.2, 0) is 0 Å². The Balaban J connectivity index is 2.40. The molecular formula is C11H18ClN3. The number of rotatable bonds is 5. The summed E-state index contributed by atoms with van der Waals surface area (Å²) in [6.07, 6.45) is 3.86. The van der Waals surface area contributed by atoms with Crippen LogP contribution in [0, 0.1) is 13.8 Å². The van der Waals surface area contributed by atoms with E-state index in [1.807, 2.05) is 20.8 Å². The lowest BCUT2D eigenvalue weighted by Crippen LogP contribution is -2.08. The first-order chi connectivity index (χ1) is 7.09. The third kappa shape index (κ3) is 4.47. The number of aryl methyl sites for hydroxylation is 2. The van der Waals surface area contributed by atoms with Crippen LogP contribution < -0.4 is 5.32 Å². The number of hydrogen-bond donors (Lipinski definition) is 1. The van der Waals surface area contributed by atoms with Gasteiger partial charge in [0.1, 0.15) is 5.82 Å². The summed E-state index contributed by atoms with van der Waals surface area (Å²) in [6, 6.07) is 0. The molecule has 0 radical (unpaired) electrons. The number of halogens is 1. The zero-order chi connectivity index (χ0) is 11.3. The first-order valence-corrected chi connectivity index (χ1v) is 5.71. The molecule has 0 aliphatic carbocycles. The monoisotopic (exact) mass is 227 g/mol. The fourth-order valence-corrected chi connectivity index (χ4v) is 1.45. The Morgan fingerprint density at radius 1 is 1.47 bits per heavy atom. The van der Waals surface area contributed by atoms with Crippen molar-refractivity contribution in [3.05, 3.63) is 17.6 Å². The minimum absolute atomic E-state index is 0.247. The van der Waals surface area contributed by atoms with E-state index in [0.717, 1.165) is 36.6 Å². The molecule has 4 heteroatoms. The molecular weight excluding hydrogens is 210 g/mol. The quantitative estimate of drug-likeness (QED) is 0.621. The highest BCUT2D eigenvalue weighted by molar-refractivity contribution is 6.20. The number of anilines is 1. The third-order valence-corrected chi connectivity index (χ3v) is 2.37.